The number of aliphatic hydroxyl groups is 1. The van der Waals surface area contributed by atoms with Gasteiger partial charge in [-0.2, -0.15) is 0 Å². The highest BCUT2D eigenvalue weighted by Gasteiger charge is 2.66. The molecule has 172 valence electrons. The van der Waals surface area contributed by atoms with Gasteiger partial charge in [-0.3, -0.25) is 14.9 Å². The number of likely N-dealkylation sites (tertiary alicyclic amines) is 1. The number of piperidine rings is 1. The summed E-state index contributed by atoms with van der Waals surface area (Å²) in [4.78, 5) is 42.2. The molecule has 33 heavy (non-hydrogen) atoms. The van der Waals surface area contributed by atoms with Crippen molar-refractivity contribution < 1.29 is 24.2 Å². The Labute approximate surface area is 194 Å². The van der Waals surface area contributed by atoms with Gasteiger partial charge >= 0.3 is 6.09 Å². The van der Waals surface area contributed by atoms with Crippen LogP contribution in [0.15, 0.2) is 24.3 Å². The fraction of sp³-hybridized carbons (Fsp3) is 0.391. The third kappa shape index (κ3) is 4.42. The van der Waals surface area contributed by atoms with E-state index in [4.69, 9.17) is 10.5 Å². The van der Waals surface area contributed by atoms with Crippen LogP contribution in [0.5, 0.6) is 0 Å². The summed E-state index contributed by atoms with van der Waals surface area (Å²) in [5.74, 6) is 4.32. The van der Waals surface area contributed by atoms with Gasteiger partial charge in [0, 0.05) is 30.1 Å². The molecule has 4 rings (SSSR count). The first-order valence-corrected chi connectivity index (χ1v) is 11.1. The molecule has 1 aliphatic heterocycles. The zero-order chi connectivity index (χ0) is 24.1. The number of hydrogen-bond acceptors (Lipinski definition) is 7. The zero-order valence-electron chi connectivity index (χ0n) is 18.6. The fourth-order valence-corrected chi connectivity index (χ4v) is 4.72. The van der Waals surface area contributed by atoms with Crippen LogP contribution in [-0.2, 0) is 9.53 Å². The summed E-state index contributed by atoms with van der Waals surface area (Å²) < 4.78 is 5.23. The summed E-state index contributed by atoms with van der Waals surface area (Å²) in [6.07, 6.45) is 0.0215. The van der Waals surface area contributed by atoms with E-state index in [0.717, 1.165) is 17.8 Å². The largest absolute Gasteiger partial charge is 0.444 e. The Bertz CT molecular complexity index is 1220. The molecule has 2 aromatic rings. The molecule has 1 aromatic heterocycles. The minimum atomic E-state index is -1.67. The molecular weight excluding hydrogens is 444 g/mol. The minimum Gasteiger partial charge on any atom is -0.444 e. The smallest absolute Gasteiger partial charge is 0.412 e. The van der Waals surface area contributed by atoms with Gasteiger partial charge in [0.1, 0.15) is 15.6 Å². The molecule has 1 aliphatic carbocycles. The van der Waals surface area contributed by atoms with Crippen molar-refractivity contribution >= 4 is 34.2 Å². The van der Waals surface area contributed by atoms with Crippen molar-refractivity contribution in [2.75, 3.05) is 12.4 Å². The first-order chi connectivity index (χ1) is 15.4. The SMILES string of the molecule is CN1C(=O)C(O)(C#Cc2cccc(-c3nc(C(N)=O)c(NC(=O)OC(C)(C)C)s3)c2)C2CC21. The Kier molecular flexibility index (Phi) is 5.42. The molecule has 3 unspecified atom stereocenters. The predicted molar refractivity (Wildman–Crippen MR) is 122 cm³/mol. The molecule has 9 nitrogen and oxygen atoms in total. The van der Waals surface area contributed by atoms with Crippen molar-refractivity contribution in [1.82, 2.24) is 9.88 Å². The van der Waals surface area contributed by atoms with Crippen LogP contribution in [-0.4, -0.2) is 57.2 Å². The highest BCUT2D eigenvalue weighted by atomic mass is 32.1. The number of carbonyl (C=O) groups is 3. The van der Waals surface area contributed by atoms with Gasteiger partial charge in [-0.15, -0.1) is 0 Å². The lowest BCUT2D eigenvalue weighted by Crippen LogP contribution is -2.41. The molecule has 4 N–H and O–H groups in total. The number of benzene rings is 1. The number of primary amides is 1. The van der Waals surface area contributed by atoms with Crippen LogP contribution in [0.3, 0.4) is 0 Å². The van der Waals surface area contributed by atoms with Crippen LogP contribution in [0, 0.1) is 17.8 Å². The first-order valence-electron chi connectivity index (χ1n) is 10.3. The molecule has 3 amide bonds. The van der Waals surface area contributed by atoms with Crippen molar-refractivity contribution in [3.63, 3.8) is 0 Å². The zero-order valence-corrected chi connectivity index (χ0v) is 19.4. The Morgan fingerprint density at radius 1 is 1.39 bits per heavy atom. The van der Waals surface area contributed by atoms with Gasteiger partial charge in [0.2, 0.25) is 5.60 Å². The van der Waals surface area contributed by atoms with E-state index in [1.165, 1.54) is 0 Å². The third-order valence-corrected chi connectivity index (χ3v) is 6.44. The number of ether oxygens (including phenoxy) is 1. The van der Waals surface area contributed by atoms with E-state index in [1.807, 2.05) is 0 Å². The van der Waals surface area contributed by atoms with Crippen molar-refractivity contribution in [2.45, 2.75) is 44.4 Å². The third-order valence-electron chi connectivity index (χ3n) is 5.42. The summed E-state index contributed by atoms with van der Waals surface area (Å²) in [5.41, 5.74) is 4.19. The Balaban J connectivity index is 1.60. The molecule has 1 saturated carbocycles. The molecule has 1 saturated heterocycles. The second-order valence-corrected chi connectivity index (χ2v) is 10.1. The molecule has 2 fully saturated rings. The molecule has 10 heteroatoms. The van der Waals surface area contributed by atoms with E-state index in [-0.39, 0.29) is 28.6 Å². The Morgan fingerprint density at radius 2 is 2.12 bits per heavy atom. The van der Waals surface area contributed by atoms with E-state index in [2.05, 4.69) is 22.1 Å². The predicted octanol–water partition coefficient (Wildman–Crippen LogP) is 2.20. The van der Waals surface area contributed by atoms with Gasteiger partial charge in [-0.05, 0) is 39.3 Å². The van der Waals surface area contributed by atoms with Crippen molar-refractivity contribution in [3.05, 3.63) is 35.5 Å². The number of rotatable bonds is 3. The number of fused-ring (bicyclic) bond motifs is 1. The van der Waals surface area contributed by atoms with Gasteiger partial charge in [0.25, 0.3) is 11.8 Å². The molecule has 2 aliphatic rings. The first kappa shape index (κ1) is 22.8. The lowest BCUT2D eigenvalue weighted by molar-refractivity contribution is -0.140. The quantitative estimate of drug-likeness (QED) is 0.591. The summed E-state index contributed by atoms with van der Waals surface area (Å²) in [6, 6.07) is 7.05. The highest BCUT2D eigenvalue weighted by Crippen LogP contribution is 2.50. The number of aromatic nitrogens is 1. The Hall–Kier alpha value is -3.42. The van der Waals surface area contributed by atoms with Gasteiger partial charge < -0.3 is 20.5 Å². The van der Waals surface area contributed by atoms with E-state index in [1.54, 1.807) is 57.0 Å². The minimum absolute atomic E-state index is 0.0570. The van der Waals surface area contributed by atoms with Crippen LogP contribution in [0.25, 0.3) is 10.6 Å². The number of carbonyl (C=O) groups excluding carboxylic acids is 3. The van der Waals surface area contributed by atoms with Gasteiger partial charge in [-0.1, -0.05) is 35.3 Å². The summed E-state index contributed by atoms with van der Waals surface area (Å²) in [6.45, 7) is 5.18. The maximum Gasteiger partial charge on any atom is 0.412 e. The van der Waals surface area contributed by atoms with Gasteiger partial charge in [0.05, 0.1) is 0 Å². The lowest BCUT2D eigenvalue weighted by Gasteiger charge is -2.19. The second-order valence-electron chi connectivity index (χ2n) is 9.11. The number of amides is 3. The van der Waals surface area contributed by atoms with Gasteiger partial charge in [-0.25, -0.2) is 9.78 Å². The summed E-state index contributed by atoms with van der Waals surface area (Å²) >= 11 is 1.07. The van der Waals surface area contributed by atoms with Crippen LogP contribution in [0.1, 0.15) is 43.2 Å². The normalized spacial score (nSPS) is 23.4. The van der Waals surface area contributed by atoms with E-state index in [9.17, 15) is 19.5 Å². The van der Waals surface area contributed by atoms with Crippen LogP contribution in [0.4, 0.5) is 9.80 Å². The molecule has 0 spiro atoms. The van der Waals surface area contributed by atoms with E-state index in [0.29, 0.717) is 16.1 Å². The summed E-state index contributed by atoms with van der Waals surface area (Å²) in [5, 5.41) is 13.9. The standard InChI is InChI=1S/C23H24N4O5S/c1-22(2,3)32-21(30)26-19-16(17(24)28)25-18(33-19)13-7-5-6-12(10-13)8-9-23(31)14-11-15(14)27(4)20(23)29/h5-7,10,14-15,31H,11H2,1-4H3,(H2,24,28)(H,26,30). The maximum absolute atomic E-state index is 12.3. The number of anilines is 1. The number of likely N-dealkylation sites (N-methyl/N-ethyl adjacent to an activating group) is 1. The molecule has 0 radical (unpaired) electrons. The molecular formula is C23H24N4O5S. The number of hydrogen-bond donors (Lipinski definition) is 3. The average molecular weight is 469 g/mol. The molecule has 1 aromatic carbocycles. The monoisotopic (exact) mass is 468 g/mol. The number of nitrogens with one attached hydrogen (secondary N) is 1. The van der Waals surface area contributed by atoms with Crippen LogP contribution >= 0.6 is 11.3 Å². The number of nitrogens with two attached hydrogens (primary N) is 1. The molecule has 2 heterocycles. The molecule has 3 atom stereocenters. The van der Waals surface area contributed by atoms with Gasteiger partial charge in [0.15, 0.2) is 5.69 Å². The number of nitrogens with zero attached hydrogens (tertiary/aromatic N) is 2. The van der Waals surface area contributed by atoms with Crippen molar-refractivity contribution in [3.8, 4) is 22.4 Å². The van der Waals surface area contributed by atoms with E-state index >= 15 is 0 Å². The second kappa shape index (κ2) is 7.86. The van der Waals surface area contributed by atoms with E-state index < -0.39 is 23.2 Å². The lowest BCUT2D eigenvalue weighted by atomic mass is 9.99. The number of thiazole rings is 1. The van der Waals surface area contributed by atoms with Crippen LogP contribution in [0.2, 0.25) is 0 Å². The topological polar surface area (TPSA) is 135 Å². The maximum atomic E-state index is 12.3. The highest BCUT2D eigenvalue weighted by molar-refractivity contribution is 7.19. The Morgan fingerprint density at radius 3 is 2.73 bits per heavy atom. The molecule has 0 bridgehead atoms. The van der Waals surface area contributed by atoms with Crippen molar-refractivity contribution in [1.29, 1.82) is 0 Å². The summed E-state index contributed by atoms with van der Waals surface area (Å²) in [7, 11) is 1.68. The fourth-order valence-electron chi connectivity index (χ4n) is 3.77. The van der Waals surface area contributed by atoms with Crippen LogP contribution < -0.4 is 11.1 Å². The average Bonchev–Trinajstić information content (AvgIpc) is 3.39. The van der Waals surface area contributed by atoms with Crippen molar-refractivity contribution in [2.24, 2.45) is 11.7 Å².